The first-order valence-corrected chi connectivity index (χ1v) is 8.23. The topological polar surface area (TPSA) is 77.8 Å². The summed E-state index contributed by atoms with van der Waals surface area (Å²) in [7, 11) is 0. The molecular weight excluding hydrogens is 418 g/mol. The van der Waals surface area contributed by atoms with Crippen molar-refractivity contribution in [3.63, 3.8) is 0 Å². The van der Waals surface area contributed by atoms with Crippen LogP contribution in [0.2, 0.25) is 0 Å². The van der Waals surface area contributed by atoms with E-state index in [1.54, 1.807) is 13.8 Å². The fourth-order valence-electron chi connectivity index (χ4n) is 2.65. The molecule has 0 atom stereocenters. The zero-order valence-electron chi connectivity index (χ0n) is 15.7. The fourth-order valence-corrected chi connectivity index (χ4v) is 2.65. The second-order valence-electron chi connectivity index (χ2n) is 6.40. The molecule has 0 radical (unpaired) electrons. The van der Waals surface area contributed by atoms with Crippen molar-refractivity contribution < 1.29 is 46.5 Å². The normalized spacial score (nSPS) is 11.9. The number of rotatable bonds is 3. The Labute approximate surface area is 167 Å². The lowest BCUT2D eigenvalue weighted by Gasteiger charge is -2.38. The molecule has 30 heavy (non-hydrogen) atoms. The van der Waals surface area contributed by atoms with Crippen molar-refractivity contribution in [2.75, 3.05) is 0 Å². The maximum Gasteiger partial charge on any atom is 0.411 e. The van der Waals surface area contributed by atoms with Gasteiger partial charge in [0.25, 0.3) is 0 Å². The number of carboxylic acids is 1. The lowest BCUT2D eigenvalue weighted by atomic mass is 9.73. The highest BCUT2D eigenvalue weighted by atomic mass is 19.4. The van der Waals surface area contributed by atoms with Gasteiger partial charge in [-0.15, -0.1) is 0 Å². The number of phenols is 2. The molecule has 2 aromatic carbocycles. The molecule has 4 nitrogen and oxygen atoms in total. The second-order valence-corrected chi connectivity index (χ2v) is 6.40. The van der Waals surface area contributed by atoms with Crippen LogP contribution in [-0.4, -0.2) is 33.6 Å². The Hall–Kier alpha value is -3.17. The molecule has 0 spiro atoms. The van der Waals surface area contributed by atoms with Gasteiger partial charge in [0.05, 0.1) is 0 Å². The second kappa shape index (κ2) is 9.10. The van der Waals surface area contributed by atoms with Crippen molar-refractivity contribution in [3.05, 3.63) is 71.3 Å². The third-order valence-corrected chi connectivity index (χ3v) is 3.86. The molecule has 0 aliphatic heterocycles. The van der Waals surface area contributed by atoms with E-state index in [-0.39, 0.29) is 0 Å². The summed E-state index contributed by atoms with van der Waals surface area (Å²) in [6.45, 7) is 3.49. The first kappa shape index (κ1) is 24.9. The number of halogens is 6. The largest absolute Gasteiger partial charge is 0.508 e. The number of hydrogen-bond donors (Lipinski definition) is 3. The number of phenolic OH excluding ortho intramolecular Hbond substituents is 2. The van der Waals surface area contributed by atoms with Crippen LogP contribution in [0.3, 0.4) is 0 Å². The molecule has 0 aliphatic rings. The van der Waals surface area contributed by atoms with Gasteiger partial charge in [0.15, 0.2) is 0 Å². The third-order valence-electron chi connectivity index (χ3n) is 3.86. The van der Waals surface area contributed by atoms with E-state index in [0.29, 0.717) is 24.3 Å². The highest BCUT2D eigenvalue weighted by Gasteiger charge is 2.72. The molecular formula is C20H18F6O4. The van der Waals surface area contributed by atoms with Crippen LogP contribution in [0.15, 0.2) is 60.2 Å². The molecule has 2 aromatic rings. The summed E-state index contributed by atoms with van der Waals surface area (Å²) in [6, 6.07) is 5.30. The van der Waals surface area contributed by atoms with Gasteiger partial charge in [0, 0.05) is 6.08 Å². The lowest BCUT2D eigenvalue weighted by Crippen LogP contribution is -2.54. The number of aromatic hydroxyl groups is 2. The summed E-state index contributed by atoms with van der Waals surface area (Å²) >= 11 is 0. The van der Waals surface area contributed by atoms with Gasteiger partial charge in [-0.3, -0.25) is 0 Å². The number of hydrogen-bond acceptors (Lipinski definition) is 3. The standard InChI is InChI=1S/C15H10F6O2.C5H8O2/c16-14(17,18)13(15(19,20)21,9-1-5-11(22)6-2-9)10-3-7-12(23)8-4-10;1-4(2)3-5(6)7/h1-8,22-23H;3H,1-2H3,(H,6,7). The van der Waals surface area contributed by atoms with Crippen molar-refractivity contribution in [2.45, 2.75) is 31.6 Å². The molecule has 2 rings (SSSR count). The molecule has 0 bridgehead atoms. The van der Waals surface area contributed by atoms with Crippen LogP contribution < -0.4 is 0 Å². The number of carbonyl (C=O) groups is 1. The number of carboxylic acid groups (broad SMARTS) is 1. The van der Waals surface area contributed by atoms with E-state index in [1.807, 2.05) is 0 Å². The lowest BCUT2D eigenvalue weighted by molar-refractivity contribution is -0.288. The van der Waals surface area contributed by atoms with Gasteiger partial charge in [-0.2, -0.15) is 26.3 Å². The van der Waals surface area contributed by atoms with Crippen LogP contribution in [0.1, 0.15) is 25.0 Å². The van der Waals surface area contributed by atoms with Crippen LogP contribution >= 0.6 is 0 Å². The van der Waals surface area contributed by atoms with Crippen molar-refractivity contribution in [1.29, 1.82) is 0 Å². The highest BCUT2D eigenvalue weighted by Crippen LogP contribution is 2.56. The van der Waals surface area contributed by atoms with E-state index in [2.05, 4.69) is 0 Å². The Bertz CT molecular complexity index is 816. The summed E-state index contributed by atoms with van der Waals surface area (Å²) in [5.41, 5.74) is -5.63. The van der Waals surface area contributed by atoms with Crippen LogP contribution in [0.25, 0.3) is 0 Å². The Kier molecular flexibility index (Phi) is 7.54. The zero-order valence-corrected chi connectivity index (χ0v) is 15.7. The van der Waals surface area contributed by atoms with Gasteiger partial charge in [-0.05, 0) is 49.2 Å². The Morgan fingerprint density at radius 2 is 1.03 bits per heavy atom. The summed E-state index contributed by atoms with van der Waals surface area (Å²) in [5, 5.41) is 26.3. The predicted molar refractivity (Wildman–Crippen MR) is 96.2 cm³/mol. The molecule has 0 aromatic heterocycles. The summed E-state index contributed by atoms with van der Waals surface area (Å²) in [6.07, 6.45) is -10.2. The van der Waals surface area contributed by atoms with Crippen molar-refractivity contribution in [1.82, 2.24) is 0 Å². The van der Waals surface area contributed by atoms with E-state index in [4.69, 9.17) is 15.3 Å². The van der Waals surface area contributed by atoms with Crippen molar-refractivity contribution in [3.8, 4) is 11.5 Å². The first-order valence-electron chi connectivity index (χ1n) is 8.23. The molecule has 0 saturated heterocycles. The molecule has 3 N–H and O–H groups in total. The third kappa shape index (κ3) is 5.46. The monoisotopic (exact) mass is 436 g/mol. The quantitative estimate of drug-likeness (QED) is 0.436. The minimum absolute atomic E-state index is 0.460. The maximum absolute atomic E-state index is 13.6. The van der Waals surface area contributed by atoms with Crippen molar-refractivity contribution in [2.24, 2.45) is 0 Å². The summed E-state index contributed by atoms with van der Waals surface area (Å²) in [4.78, 5) is 9.73. The van der Waals surface area contributed by atoms with Crippen molar-refractivity contribution >= 4 is 5.97 Å². The average Bonchev–Trinajstić information content (AvgIpc) is 2.55. The van der Waals surface area contributed by atoms with Crippen LogP contribution in [0.5, 0.6) is 11.5 Å². The first-order chi connectivity index (χ1) is 13.6. The fraction of sp³-hybridized carbons (Fsp3) is 0.250. The van der Waals surface area contributed by atoms with Gasteiger partial charge in [0.2, 0.25) is 5.41 Å². The van der Waals surface area contributed by atoms with Crippen LogP contribution in [0, 0.1) is 0 Å². The minimum atomic E-state index is -5.70. The van der Waals surface area contributed by atoms with Gasteiger partial charge in [-0.1, -0.05) is 29.8 Å². The maximum atomic E-state index is 13.6. The average molecular weight is 436 g/mol. The molecule has 0 unspecified atom stereocenters. The SMILES string of the molecule is CC(C)=CC(=O)O.Oc1ccc(C(c2ccc(O)cc2)(C(F)(F)F)C(F)(F)F)cc1. The number of benzene rings is 2. The molecule has 0 saturated carbocycles. The Balaban J connectivity index is 0.000000553. The Morgan fingerprint density at radius 3 is 1.20 bits per heavy atom. The molecule has 0 fully saturated rings. The van der Waals surface area contributed by atoms with E-state index < -0.39 is 46.4 Å². The van der Waals surface area contributed by atoms with Gasteiger partial charge in [0.1, 0.15) is 11.5 Å². The summed E-state index contributed by atoms with van der Waals surface area (Å²) < 4.78 is 81.6. The van der Waals surface area contributed by atoms with E-state index >= 15 is 0 Å². The van der Waals surface area contributed by atoms with Gasteiger partial charge < -0.3 is 15.3 Å². The van der Waals surface area contributed by atoms with Gasteiger partial charge in [-0.25, -0.2) is 4.79 Å². The molecule has 0 aliphatic carbocycles. The highest BCUT2D eigenvalue weighted by molar-refractivity contribution is 5.80. The minimum Gasteiger partial charge on any atom is -0.508 e. The smallest absolute Gasteiger partial charge is 0.411 e. The molecule has 0 amide bonds. The number of alkyl halides is 6. The van der Waals surface area contributed by atoms with Crippen LogP contribution in [-0.2, 0) is 10.2 Å². The zero-order chi connectivity index (χ0) is 23.3. The molecule has 164 valence electrons. The molecule has 0 heterocycles. The Morgan fingerprint density at radius 1 is 0.733 bits per heavy atom. The van der Waals surface area contributed by atoms with Gasteiger partial charge >= 0.3 is 18.3 Å². The van der Waals surface area contributed by atoms with Crippen LogP contribution in [0.4, 0.5) is 26.3 Å². The number of allylic oxidation sites excluding steroid dienone is 1. The predicted octanol–water partition coefficient (Wildman–Crippen LogP) is 5.55. The number of aliphatic carboxylic acids is 1. The summed E-state index contributed by atoms with van der Waals surface area (Å²) in [5.74, 6) is -1.80. The van der Waals surface area contributed by atoms with E-state index in [0.717, 1.165) is 29.8 Å². The van der Waals surface area contributed by atoms with E-state index in [9.17, 15) is 31.1 Å². The van der Waals surface area contributed by atoms with E-state index in [1.165, 1.54) is 6.08 Å². The molecule has 10 heteroatoms.